The van der Waals surface area contributed by atoms with Gasteiger partial charge in [0.2, 0.25) is 17.7 Å². The normalized spacial score (nSPS) is 19.1. The van der Waals surface area contributed by atoms with Crippen molar-refractivity contribution < 1.29 is 38.1 Å². The minimum Gasteiger partial charge on any atom is -0.457 e. The van der Waals surface area contributed by atoms with Crippen LogP contribution in [-0.4, -0.2) is 167 Å². The first-order valence-corrected chi connectivity index (χ1v) is 25.1. The Morgan fingerprint density at radius 2 is 1.56 bits per heavy atom. The fraction of sp³-hybridized carbons (Fsp3) is 0.431. The Balaban J connectivity index is 0.624. The molecule has 0 saturated carbocycles. The first kappa shape index (κ1) is 48.8. The van der Waals surface area contributed by atoms with Crippen LogP contribution < -0.4 is 15.8 Å². The number of piperidine rings is 2. The highest BCUT2D eigenvalue weighted by atomic mass is 32.2. The number of hydrogen-bond donors (Lipinski definition) is 2. The van der Waals surface area contributed by atoms with Crippen LogP contribution in [0.25, 0.3) is 22.3 Å². The third-order valence-electron chi connectivity index (χ3n) is 13.1. The average molecular weight is 973 g/mol. The molecule has 4 amide bonds. The van der Waals surface area contributed by atoms with Gasteiger partial charge in [-0.15, -0.1) is 11.8 Å². The van der Waals surface area contributed by atoms with Crippen molar-refractivity contribution in [2.24, 2.45) is 0 Å². The highest BCUT2D eigenvalue weighted by molar-refractivity contribution is 7.99. The molecule has 1 unspecified atom stereocenters. The number of piperazine rings is 1. The lowest BCUT2D eigenvalue weighted by atomic mass is 10.0. The average Bonchev–Trinajstić information content (AvgIpc) is 3.94. The molecule has 3 saturated heterocycles. The number of nitrogens with two attached hydrogens (primary N) is 1. The highest BCUT2D eigenvalue weighted by Crippen LogP contribution is 2.36. The molecule has 5 aromatic rings. The Morgan fingerprint density at radius 1 is 0.814 bits per heavy atom. The smallest absolute Gasteiger partial charge is 0.255 e. The third kappa shape index (κ3) is 12.0. The lowest BCUT2D eigenvalue weighted by Gasteiger charge is -2.34. The second-order valence-electron chi connectivity index (χ2n) is 17.7. The van der Waals surface area contributed by atoms with Gasteiger partial charge in [0.1, 0.15) is 35.4 Å². The zero-order chi connectivity index (χ0) is 48.2. The summed E-state index contributed by atoms with van der Waals surface area (Å²) in [7, 11) is 0. The Bertz CT molecular complexity index is 2640. The van der Waals surface area contributed by atoms with Crippen LogP contribution in [0.4, 0.5) is 5.82 Å². The van der Waals surface area contributed by atoms with Gasteiger partial charge in [-0.3, -0.25) is 34.3 Å². The minimum atomic E-state index is -0.626. The molecule has 0 spiro atoms. The largest absolute Gasteiger partial charge is 0.457 e. The van der Waals surface area contributed by atoms with Crippen molar-refractivity contribution in [2.75, 3.05) is 103 Å². The van der Waals surface area contributed by atoms with E-state index in [1.807, 2.05) is 82.4 Å². The number of ether oxygens (including phenoxy) is 4. The third-order valence-corrected chi connectivity index (χ3v) is 14.2. The number of imide groups is 1. The van der Waals surface area contributed by atoms with Crippen molar-refractivity contribution >= 4 is 52.2 Å². The van der Waals surface area contributed by atoms with E-state index in [0.29, 0.717) is 105 Å². The minimum absolute atomic E-state index is 0.00165. The van der Waals surface area contributed by atoms with Gasteiger partial charge in [-0.25, -0.2) is 14.6 Å². The first-order valence-electron chi connectivity index (χ1n) is 24.1. The number of hydrogen-bond acceptors (Lipinski definition) is 15. The number of rotatable bonds is 21. The van der Waals surface area contributed by atoms with Gasteiger partial charge in [-0.05, 0) is 73.4 Å². The number of para-hydroxylation sites is 1. The lowest BCUT2D eigenvalue weighted by Crippen LogP contribution is -2.52. The number of amides is 4. The van der Waals surface area contributed by atoms with Gasteiger partial charge in [0, 0.05) is 93.2 Å². The van der Waals surface area contributed by atoms with Gasteiger partial charge in [0.15, 0.2) is 5.65 Å². The zero-order valence-electron chi connectivity index (χ0n) is 39.3. The summed E-state index contributed by atoms with van der Waals surface area (Å²) in [6.45, 7) is 10.00. The summed E-state index contributed by atoms with van der Waals surface area (Å²) in [5.74, 6) is 1.67. The molecule has 4 aliphatic rings. The molecule has 70 heavy (non-hydrogen) atoms. The van der Waals surface area contributed by atoms with E-state index >= 15 is 0 Å². The summed E-state index contributed by atoms with van der Waals surface area (Å²) >= 11 is 1.62. The Labute approximate surface area is 411 Å². The summed E-state index contributed by atoms with van der Waals surface area (Å²) in [5, 5.41) is 8.10. The molecule has 2 atom stereocenters. The van der Waals surface area contributed by atoms with Gasteiger partial charge < -0.3 is 34.5 Å². The van der Waals surface area contributed by atoms with E-state index in [2.05, 4.69) is 25.1 Å². The molecule has 6 heterocycles. The monoisotopic (exact) mass is 972 g/mol. The van der Waals surface area contributed by atoms with Gasteiger partial charge >= 0.3 is 0 Å². The van der Waals surface area contributed by atoms with E-state index in [9.17, 15) is 19.2 Å². The number of anilines is 1. The number of nitrogens with zero attached hydrogens (tertiary/aromatic N) is 8. The standard InChI is InChI=1S/C51H60N10O8S/c52-48-46-47(36-13-15-39(16-14-36)69-38-8-2-1-3-9-38)56-61(49(46)54-35-53-48)37-7-5-20-59(33-37)45(63)12-6-19-57-21-23-58(24-22-57)25-26-66-27-28-67-29-30-68-31-32-70-43-11-4-10-40-41(43)34-60(51(40)65)42-17-18-44(62)55-50(42)64/h1-4,6,8-16,35,37,42H,5,7,17-34H2,(H2,52,53,54)(H,55,62,64)/b12-6+/t37-,42?/m1/s1. The number of thioether (sulfide) groups is 1. The van der Waals surface area contributed by atoms with Crippen molar-refractivity contribution in [1.29, 1.82) is 0 Å². The summed E-state index contributed by atoms with van der Waals surface area (Å²) in [4.78, 5) is 68.7. The Kier molecular flexibility index (Phi) is 16.4. The molecule has 19 heteroatoms. The number of aromatic nitrogens is 4. The van der Waals surface area contributed by atoms with E-state index in [1.165, 1.54) is 6.33 Å². The predicted molar refractivity (Wildman–Crippen MR) is 264 cm³/mol. The van der Waals surface area contributed by atoms with Gasteiger partial charge in [0.25, 0.3) is 5.91 Å². The molecule has 3 N–H and O–H groups in total. The van der Waals surface area contributed by atoms with Crippen LogP contribution in [-0.2, 0) is 35.1 Å². The number of nitrogens with one attached hydrogen (secondary N) is 1. The molecule has 368 valence electrons. The number of benzene rings is 3. The van der Waals surface area contributed by atoms with Crippen LogP contribution in [0.2, 0.25) is 0 Å². The molecule has 9 rings (SSSR count). The maximum atomic E-state index is 13.5. The van der Waals surface area contributed by atoms with Crippen LogP contribution in [0, 0.1) is 0 Å². The van der Waals surface area contributed by atoms with Crippen LogP contribution in [0.15, 0.2) is 96.2 Å². The topological polar surface area (TPSA) is 200 Å². The molecule has 18 nitrogen and oxygen atoms in total. The first-order chi connectivity index (χ1) is 34.3. The van der Waals surface area contributed by atoms with Gasteiger partial charge in [-0.2, -0.15) is 5.10 Å². The SMILES string of the molecule is Nc1ncnc2c1c(-c1ccc(Oc3ccccc3)cc1)nn2[C@@H]1CCCN(C(=O)/C=C/CN2CCN(CCOCCOCCOCCSc3cccc4c3CN(C3CCC(=O)NC3=O)C4=O)CC2)C1. The summed E-state index contributed by atoms with van der Waals surface area (Å²) in [6, 6.07) is 22.3. The van der Waals surface area contributed by atoms with Crippen molar-refractivity contribution in [3.63, 3.8) is 0 Å². The Morgan fingerprint density at radius 3 is 2.34 bits per heavy atom. The molecule has 0 aliphatic carbocycles. The Hall–Kier alpha value is -6.22. The number of carbonyl (C=O) groups is 4. The molecule has 4 aliphatic heterocycles. The fourth-order valence-electron chi connectivity index (χ4n) is 9.35. The summed E-state index contributed by atoms with van der Waals surface area (Å²) in [5.41, 5.74) is 10.2. The van der Waals surface area contributed by atoms with Gasteiger partial charge in [-0.1, -0.05) is 30.3 Å². The number of fused-ring (bicyclic) bond motifs is 2. The molecule has 2 aromatic heterocycles. The highest BCUT2D eigenvalue weighted by Gasteiger charge is 2.40. The van der Waals surface area contributed by atoms with Crippen molar-refractivity contribution in [3.8, 4) is 22.8 Å². The van der Waals surface area contributed by atoms with Crippen LogP contribution in [0.1, 0.15) is 47.6 Å². The predicted octanol–water partition coefficient (Wildman–Crippen LogP) is 4.81. The second-order valence-corrected chi connectivity index (χ2v) is 18.8. The molecular weight excluding hydrogens is 913 g/mol. The summed E-state index contributed by atoms with van der Waals surface area (Å²) < 4.78 is 25.3. The maximum Gasteiger partial charge on any atom is 0.255 e. The van der Waals surface area contributed by atoms with Crippen molar-refractivity contribution in [1.82, 2.24) is 44.7 Å². The van der Waals surface area contributed by atoms with Crippen LogP contribution >= 0.6 is 11.8 Å². The number of carbonyl (C=O) groups excluding carboxylic acids is 4. The second kappa shape index (κ2) is 23.6. The van der Waals surface area contributed by atoms with Crippen molar-refractivity contribution in [3.05, 3.63) is 102 Å². The van der Waals surface area contributed by atoms with E-state index in [4.69, 9.17) is 29.8 Å². The van der Waals surface area contributed by atoms with E-state index in [1.54, 1.807) is 28.8 Å². The molecular formula is C51H60N10O8S. The van der Waals surface area contributed by atoms with Gasteiger partial charge in [0.05, 0.1) is 51.1 Å². The van der Waals surface area contributed by atoms with E-state index < -0.39 is 11.9 Å². The lowest BCUT2D eigenvalue weighted by molar-refractivity contribution is -0.137. The van der Waals surface area contributed by atoms with Crippen molar-refractivity contribution in [2.45, 2.75) is 49.2 Å². The van der Waals surface area contributed by atoms with E-state index in [-0.39, 0.29) is 30.2 Å². The van der Waals surface area contributed by atoms with Crippen LogP contribution in [0.3, 0.4) is 0 Å². The molecule has 3 aromatic carbocycles. The maximum absolute atomic E-state index is 13.5. The quantitative estimate of drug-likeness (QED) is 0.0439. The molecule has 3 fully saturated rings. The molecule has 0 bridgehead atoms. The zero-order valence-corrected chi connectivity index (χ0v) is 40.1. The van der Waals surface area contributed by atoms with E-state index in [0.717, 1.165) is 73.9 Å². The number of nitrogen functional groups attached to an aromatic ring is 1. The number of likely N-dealkylation sites (tertiary alicyclic amines) is 1. The molecule has 0 radical (unpaired) electrons. The summed E-state index contributed by atoms with van der Waals surface area (Å²) in [6.07, 6.45) is 7.45. The fourth-order valence-corrected chi connectivity index (χ4v) is 10.3. The van der Waals surface area contributed by atoms with Crippen LogP contribution in [0.5, 0.6) is 11.5 Å².